The molecule has 1 saturated heterocycles. The van der Waals surface area contributed by atoms with E-state index in [4.69, 9.17) is 4.74 Å². The van der Waals surface area contributed by atoms with Gasteiger partial charge >= 0.3 is 0 Å². The maximum absolute atomic E-state index is 13.5. The van der Waals surface area contributed by atoms with Crippen LogP contribution in [0.1, 0.15) is 23.2 Å². The Labute approximate surface area is 172 Å². The van der Waals surface area contributed by atoms with E-state index >= 15 is 0 Å². The van der Waals surface area contributed by atoms with Gasteiger partial charge in [-0.25, -0.2) is 0 Å². The van der Waals surface area contributed by atoms with E-state index in [1.807, 2.05) is 41.0 Å². The number of rotatable bonds is 5. The zero-order chi connectivity index (χ0) is 20.3. The van der Waals surface area contributed by atoms with Crippen molar-refractivity contribution in [3.8, 4) is 0 Å². The third-order valence-corrected chi connectivity index (χ3v) is 6.13. The van der Waals surface area contributed by atoms with Crippen molar-refractivity contribution in [3.05, 3.63) is 65.5 Å². The van der Waals surface area contributed by atoms with Crippen LogP contribution >= 0.6 is 0 Å². The van der Waals surface area contributed by atoms with Crippen LogP contribution in [-0.4, -0.2) is 63.9 Å². The second-order valence-electron chi connectivity index (χ2n) is 8.09. The number of aryl methyl sites for hydroxylation is 1. The fourth-order valence-corrected chi connectivity index (χ4v) is 4.22. The highest BCUT2D eigenvalue weighted by Gasteiger charge is 2.45. The minimum absolute atomic E-state index is 0.117. The van der Waals surface area contributed by atoms with Gasteiger partial charge in [-0.1, -0.05) is 42.5 Å². The molecule has 1 aromatic carbocycles. The maximum atomic E-state index is 13.5. The standard InChI is InChI=1S/C23H30N4O2/c1-19-21(16-24-25(19)2)17-26-14-15-29-23(18-26)11-6-7-12-27(22(23)28)13-10-20-8-4-3-5-9-20/h3-9,16H,10-15,17-18H2,1-2H3. The summed E-state index contributed by atoms with van der Waals surface area (Å²) in [6.45, 7) is 6.27. The predicted octanol–water partition coefficient (Wildman–Crippen LogP) is 2.33. The Bertz CT molecular complexity index is 876. The van der Waals surface area contributed by atoms with Crippen LogP contribution in [0.4, 0.5) is 0 Å². The smallest absolute Gasteiger partial charge is 0.256 e. The predicted molar refractivity (Wildman–Crippen MR) is 112 cm³/mol. The lowest BCUT2D eigenvalue weighted by Gasteiger charge is -2.42. The van der Waals surface area contributed by atoms with E-state index < -0.39 is 5.60 Å². The molecule has 1 fully saturated rings. The van der Waals surface area contributed by atoms with Crippen molar-refractivity contribution < 1.29 is 9.53 Å². The van der Waals surface area contributed by atoms with Crippen molar-refractivity contribution >= 4 is 5.91 Å². The molecule has 154 valence electrons. The zero-order valence-corrected chi connectivity index (χ0v) is 17.4. The van der Waals surface area contributed by atoms with Crippen LogP contribution in [-0.2, 0) is 29.5 Å². The fourth-order valence-electron chi connectivity index (χ4n) is 4.22. The van der Waals surface area contributed by atoms with Crippen LogP contribution in [0.5, 0.6) is 0 Å². The van der Waals surface area contributed by atoms with Gasteiger partial charge in [-0.2, -0.15) is 5.10 Å². The van der Waals surface area contributed by atoms with Crippen LogP contribution in [0, 0.1) is 6.92 Å². The van der Waals surface area contributed by atoms with Crippen LogP contribution in [0.3, 0.4) is 0 Å². The van der Waals surface area contributed by atoms with Crippen molar-refractivity contribution in [2.24, 2.45) is 7.05 Å². The summed E-state index contributed by atoms with van der Waals surface area (Å²) in [5.41, 5.74) is 2.85. The molecule has 4 rings (SSSR count). The molecule has 1 atom stereocenters. The summed E-state index contributed by atoms with van der Waals surface area (Å²) in [7, 11) is 1.96. The van der Waals surface area contributed by atoms with Gasteiger partial charge in [0.2, 0.25) is 0 Å². The number of nitrogens with zero attached hydrogens (tertiary/aromatic N) is 4. The number of aromatic nitrogens is 2. The second kappa shape index (κ2) is 8.51. The number of ether oxygens (including phenoxy) is 1. The lowest BCUT2D eigenvalue weighted by Crippen LogP contribution is -2.60. The molecule has 29 heavy (non-hydrogen) atoms. The molecule has 3 heterocycles. The second-order valence-corrected chi connectivity index (χ2v) is 8.09. The average Bonchev–Trinajstić information content (AvgIpc) is 2.97. The summed E-state index contributed by atoms with van der Waals surface area (Å²) in [4.78, 5) is 17.8. The van der Waals surface area contributed by atoms with Gasteiger partial charge in [0.05, 0.1) is 12.8 Å². The molecule has 6 nitrogen and oxygen atoms in total. The number of carbonyl (C=O) groups is 1. The molecular formula is C23H30N4O2. The van der Waals surface area contributed by atoms with Crippen molar-refractivity contribution in [2.45, 2.75) is 31.9 Å². The van der Waals surface area contributed by atoms with Gasteiger partial charge in [-0.3, -0.25) is 14.4 Å². The number of carbonyl (C=O) groups excluding carboxylic acids is 1. The minimum atomic E-state index is -0.780. The molecule has 1 unspecified atom stereocenters. The average molecular weight is 395 g/mol. The first-order chi connectivity index (χ1) is 14.1. The molecule has 0 bridgehead atoms. The van der Waals surface area contributed by atoms with Crippen molar-refractivity contribution in [1.82, 2.24) is 19.6 Å². The van der Waals surface area contributed by atoms with E-state index in [1.54, 1.807) is 0 Å². The Morgan fingerprint density at radius 1 is 1.21 bits per heavy atom. The van der Waals surface area contributed by atoms with Crippen molar-refractivity contribution in [3.63, 3.8) is 0 Å². The van der Waals surface area contributed by atoms with Gasteiger partial charge in [0.1, 0.15) is 0 Å². The highest BCUT2D eigenvalue weighted by atomic mass is 16.5. The third kappa shape index (κ3) is 4.28. The first-order valence-electron chi connectivity index (χ1n) is 10.4. The molecule has 1 amide bonds. The van der Waals surface area contributed by atoms with Gasteiger partial charge in [0.25, 0.3) is 5.91 Å². The highest BCUT2D eigenvalue weighted by molar-refractivity contribution is 5.86. The van der Waals surface area contributed by atoms with Gasteiger partial charge in [-0.15, -0.1) is 0 Å². The van der Waals surface area contributed by atoms with E-state index in [-0.39, 0.29) is 5.91 Å². The molecular weight excluding hydrogens is 364 g/mol. The lowest BCUT2D eigenvalue weighted by molar-refractivity contribution is -0.170. The van der Waals surface area contributed by atoms with Crippen molar-refractivity contribution in [1.29, 1.82) is 0 Å². The summed E-state index contributed by atoms with van der Waals surface area (Å²) in [5, 5.41) is 4.35. The van der Waals surface area contributed by atoms with Gasteiger partial charge in [0.15, 0.2) is 5.60 Å². The van der Waals surface area contributed by atoms with E-state index in [9.17, 15) is 4.79 Å². The van der Waals surface area contributed by atoms with Gasteiger partial charge in [-0.05, 0) is 18.9 Å². The van der Waals surface area contributed by atoms with E-state index in [0.29, 0.717) is 32.7 Å². The monoisotopic (exact) mass is 394 g/mol. The van der Waals surface area contributed by atoms with E-state index in [2.05, 4.69) is 41.2 Å². The Morgan fingerprint density at radius 2 is 2.03 bits per heavy atom. The molecule has 2 aliphatic heterocycles. The van der Waals surface area contributed by atoms with E-state index in [1.165, 1.54) is 16.8 Å². The molecule has 0 aliphatic carbocycles. The number of hydrogen-bond donors (Lipinski definition) is 0. The molecule has 0 saturated carbocycles. The summed E-state index contributed by atoms with van der Waals surface area (Å²) in [6.07, 6.45) is 7.63. The quantitative estimate of drug-likeness (QED) is 0.731. The number of benzene rings is 1. The maximum Gasteiger partial charge on any atom is 0.256 e. The topological polar surface area (TPSA) is 50.6 Å². The Hall–Kier alpha value is -2.44. The SMILES string of the molecule is Cc1c(CN2CCOC3(CC=CCN(CCc4ccccc4)C3=O)C2)cnn1C. The summed E-state index contributed by atoms with van der Waals surface area (Å²) in [5.74, 6) is 0.117. The Morgan fingerprint density at radius 3 is 2.79 bits per heavy atom. The van der Waals surface area contributed by atoms with Crippen LogP contribution in [0.2, 0.25) is 0 Å². The van der Waals surface area contributed by atoms with Crippen molar-refractivity contribution in [2.75, 3.05) is 32.8 Å². The normalized spacial score (nSPS) is 23.0. The minimum Gasteiger partial charge on any atom is -0.362 e. The summed E-state index contributed by atoms with van der Waals surface area (Å²) >= 11 is 0. The van der Waals surface area contributed by atoms with Gasteiger partial charge in [0, 0.05) is 57.4 Å². The van der Waals surface area contributed by atoms with Gasteiger partial charge < -0.3 is 9.64 Å². The fraction of sp³-hybridized carbons (Fsp3) is 0.478. The third-order valence-electron chi connectivity index (χ3n) is 6.13. The molecule has 2 aromatic rings. The number of hydrogen-bond acceptors (Lipinski definition) is 4. The Kier molecular flexibility index (Phi) is 5.83. The largest absolute Gasteiger partial charge is 0.362 e. The molecule has 2 aliphatic rings. The highest BCUT2D eigenvalue weighted by Crippen LogP contribution is 2.28. The lowest BCUT2D eigenvalue weighted by atomic mass is 9.95. The summed E-state index contributed by atoms with van der Waals surface area (Å²) in [6, 6.07) is 10.3. The first kappa shape index (κ1) is 19.9. The molecule has 0 N–H and O–H groups in total. The number of morpholine rings is 1. The van der Waals surface area contributed by atoms with Crippen LogP contribution in [0.15, 0.2) is 48.7 Å². The zero-order valence-electron chi connectivity index (χ0n) is 17.4. The number of amides is 1. The molecule has 1 aromatic heterocycles. The Balaban J connectivity index is 1.46. The van der Waals surface area contributed by atoms with Crippen LogP contribution in [0.25, 0.3) is 0 Å². The van der Waals surface area contributed by atoms with E-state index in [0.717, 1.165) is 19.5 Å². The summed E-state index contributed by atoms with van der Waals surface area (Å²) < 4.78 is 8.08. The molecule has 0 radical (unpaired) electrons. The van der Waals surface area contributed by atoms with Crippen LogP contribution < -0.4 is 0 Å². The molecule has 1 spiro atoms. The first-order valence-corrected chi connectivity index (χ1v) is 10.4. The molecule has 6 heteroatoms.